The second-order valence-corrected chi connectivity index (χ2v) is 6.11. The van der Waals surface area contributed by atoms with Crippen molar-refractivity contribution < 1.29 is 14.3 Å². The van der Waals surface area contributed by atoms with E-state index in [1.54, 1.807) is 12.1 Å². The fourth-order valence-electron chi connectivity index (χ4n) is 2.04. The Morgan fingerprint density at radius 1 is 1.09 bits per heavy atom. The molecule has 4 nitrogen and oxygen atoms in total. The lowest BCUT2D eigenvalue weighted by Crippen LogP contribution is -2.12. The predicted molar refractivity (Wildman–Crippen MR) is 97.6 cm³/mol. The number of hydrogen-bond acceptors (Lipinski definition) is 4. The van der Waals surface area contributed by atoms with E-state index >= 15 is 0 Å². The molecule has 0 amide bonds. The molecular formula is C16H24Cl3NO3. The lowest BCUT2D eigenvalue weighted by Gasteiger charge is -2.12. The molecule has 0 saturated heterocycles. The number of benzene rings is 1. The third-order valence-corrected chi connectivity index (χ3v) is 3.81. The highest BCUT2D eigenvalue weighted by Crippen LogP contribution is 2.34. The number of unbranched alkanes of at least 4 members (excludes halogenated alkanes) is 3. The highest BCUT2D eigenvalue weighted by molar-refractivity contribution is 6.37. The standard InChI is InChI=1S/C16H23Cl2NO3.ClH/c1-19(2)10-6-4-5-7-11-22-16(20)14-12(17)8-9-13(18)15(14)21-3;/h8-9H,4-7,10-11H2,1-3H3;1H. The Kier molecular flexibility index (Phi) is 11.4. The topological polar surface area (TPSA) is 38.8 Å². The summed E-state index contributed by atoms with van der Waals surface area (Å²) in [5.41, 5.74) is 0.185. The first-order valence-electron chi connectivity index (χ1n) is 7.31. The van der Waals surface area contributed by atoms with Crippen molar-refractivity contribution in [3.63, 3.8) is 0 Å². The summed E-state index contributed by atoms with van der Waals surface area (Å²) < 4.78 is 10.4. The number of carbonyl (C=O) groups is 1. The number of esters is 1. The molecule has 132 valence electrons. The van der Waals surface area contributed by atoms with E-state index in [-0.39, 0.29) is 28.7 Å². The smallest absolute Gasteiger partial charge is 0.343 e. The molecule has 0 bridgehead atoms. The predicted octanol–water partition coefficient (Wildman–Crippen LogP) is 4.70. The van der Waals surface area contributed by atoms with Crippen LogP contribution in [0.5, 0.6) is 5.75 Å². The minimum absolute atomic E-state index is 0. The van der Waals surface area contributed by atoms with Gasteiger partial charge in [-0.25, -0.2) is 4.79 Å². The Morgan fingerprint density at radius 2 is 1.70 bits per heavy atom. The molecule has 0 heterocycles. The Balaban J connectivity index is 0.00000484. The molecule has 0 N–H and O–H groups in total. The zero-order valence-electron chi connectivity index (χ0n) is 13.7. The third kappa shape index (κ3) is 7.62. The van der Waals surface area contributed by atoms with Gasteiger partial charge in [0.25, 0.3) is 0 Å². The van der Waals surface area contributed by atoms with Crippen molar-refractivity contribution in [1.82, 2.24) is 4.90 Å². The molecule has 0 unspecified atom stereocenters. The van der Waals surface area contributed by atoms with Crippen molar-refractivity contribution in [2.75, 3.05) is 34.4 Å². The van der Waals surface area contributed by atoms with Crippen LogP contribution in [0.3, 0.4) is 0 Å². The van der Waals surface area contributed by atoms with E-state index in [0.717, 1.165) is 32.2 Å². The van der Waals surface area contributed by atoms with E-state index in [0.29, 0.717) is 11.6 Å². The maximum absolute atomic E-state index is 12.1. The van der Waals surface area contributed by atoms with Crippen LogP contribution >= 0.6 is 35.6 Å². The Hall–Kier alpha value is -0.680. The van der Waals surface area contributed by atoms with E-state index in [2.05, 4.69) is 19.0 Å². The molecule has 0 atom stereocenters. The van der Waals surface area contributed by atoms with Crippen molar-refractivity contribution in [3.05, 3.63) is 27.7 Å². The zero-order valence-corrected chi connectivity index (χ0v) is 16.1. The van der Waals surface area contributed by atoms with Gasteiger partial charge in [0.1, 0.15) is 5.56 Å². The number of nitrogens with zero attached hydrogens (tertiary/aromatic N) is 1. The Bertz CT molecular complexity index is 496. The fraction of sp³-hybridized carbons (Fsp3) is 0.562. The molecule has 0 aliphatic carbocycles. The molecule has 0 fully saturated rings. The van der Waals surface area contributed by atoms with Gasteiger partial charge in [0.15, 0.2) is 5.75 Å². The maximum Gasteiger partial charge on any atom is 0.343 e. The number of carbonyl (C=O) groups excluding carboxylic acids is 1. The first-order chi connectivity index (χ1) is 10.5. The normalized spacial score (nSPS) is 10.3. The average Bonchev–Trinajstić information content (AvgIpc) is 2.47. The summed E-state index contributed by atoms with van der Waals surface area (Å²) in [4.78, 5) is 14.3. The molecule has 0 saturated carbocycles. The number of rotatable bonds is 9. The summed E-state index contributed by atoms with van der Waals surface area (Å²) in [5.74, 6) is -0.247. The summed E-state index contributed by atoms with van der Waals surface area (Å²) in [5, 5.41) is 0.611. The van der Waals surface area contributed by atoms with Gasteiger partial charge in [-0.1, -0.05) is 36.0 Å². The molecule has 0 aliphatic heterocycles. The highest BCUT2D eigenvalue weighted by atomic mass is 35.5. The molecule has 23 heavy (non-hydrogen) atoms. The molecule has 1 aromatic carbocycles. The van der Waals surface area contributed by atoms with Crippen molar-refractivity contribution in [2.45, 2.75) is 25.7 Å². The molecule has 7 heteroatoms. The first-order valence-corrected chi connectivity index (χ1v) is 8.06. The Morgan fingerprint density at radius 3 is 2.30 bits per heavy atom. The van der Waals surface area contributed by atoms with Crippen LogP contribution in [0.1, 0.15) is 36.0 Å². The molecule has 1 rings (SSSR count). The lowest BCUT2D eigenvalue weighted by atomic mass is 10.2. The number of halogens is 3. The molecule has 0 aromatic heterocycles. The summed E-state index contributed by atoms with van der Waals surface area (Å²) in [6, 6.07) is 3.15. The average molecular weight is 385 g/mol. The lowest BCUT2D eigenvalue weighted by molar-refractivity contribution is 0.0494. The zero-order chi connectivity index (χ0) is 16.5. The quantitative estimate of drug-likeness (QED) is 0.457. The highest BCUT2D eigenvalue weighted by Gasteiger charge is 2.20. The minimum Gasteiger partial charge on any atom is -0.494 e. The van der Waals surface area contributed by atoms with Crippen LogP contribution in [0.25, 0.3) is 0 Å². The number of hydrogen-bond donors (Lipinski definition) is 0. The summed E-state index contributed by atoms with van der Waals surface area (Å²) in [7, 11) is 5.56. The largest absolute Gasteiger partial charge is 0.494 e. The van der Waals surface area contributed by atoms with Crippen LogP contribution in [0.4, 0.5) is 0 Å². The van der Waals surface area contributed by atoms with E-state index in [4.69, 9.17) is 32.7 Å². The first kappa shape index (κ1) is 22.3. The van der Waals surface area contributed by atoms with E-state index in [1.165, 1.54) is 7.11 Å². The van der Waals surface area contributed by atoms with Crippen molar-refractivity contribution in [1.29, 1.82) is 0 Å². The van der Waals surface area contributed by atoms with Gasteiger partial charge in [-0.05, 0) is 45.6 Å². The van der Waals surface area contributed by atoms with Crippen LogP contribution in [0, 0.1) is 0 Å². The van der Waals surface area contributed by atoms with E-state index < -0.39 is 5.97 Å². The summed E-state index contributed by atoms with van der Waals surface area (Å²) in [6.45, 7) is 1.45. The SMILES string of the molecule is COc1c(Cl)ccc(Cl)c1C(=O)OCCCCCCN(C)C.Cl. The van der Waals surface area contributed by atoms with Gasteiger partial charge < -0.3 is 14.4 Å². The van der Waals surface area contributed by atoms with Crippen LogP contribution in [-0.4, -0.2) is 45.2 Å². The van der Waals surface area contributed by atoms with E-state index in [9.17, 15) is 4.79 Å². The van der Waals surface area contributed by atoms with Gasteiger partial charge in [0.05, 0.1) is 23.8 Å². The molecule has 0 radical (unpaired) electrons. The second kappa shape index (κ2) is 11.8. The fourth-order valence-corrected chi connectivity index (χ4v) is 2.50. The second-order valence-electron chi connectivity index (χ2n) is 5.29. The molecule has 0 aliphatic rings. The summed E-state index contributed by atoms with van der Waals surface area (Å²) >= 11 is 12.0. The van der Waals surface area contributed by atoms with E-state index in [1.807, 2.05) is 0 Å². The van der Waals surface area contributed by atoms with Gasteiger partial charge >= 0.3 is 5.97 Å². The van der Waals surface area contributed by atoms with Gasteiger partial charge in [-0.2, -0.15) is 0 Å². The van der Waals surface area contributed by atoms with Crippen LogP contribution in [0.15, 0.2) is 12.1 Å². The molecule has 0 spiro atoms. The Labute approximate surface area is 154 Å². The molecular weight excluding hydrogens is 361 g/mol. The maximum atomic E-state index is 12.1. The van der Waals surface area contributed by atoms with Crippen molar-refractivity contribution in [2.24, 2.45) is 0 Å². The summed E-state index contributed by atoms with van der Waals surface area (Å²) in [6.07, 6.45) is 4.13. The van der Waals surface area contributed by atoms with Crippen molar-refractivity contribution in [3.8, 4) is 5.75 Å². The minimum atomic E-state index is -0.502. The van der Waals surface area contributed by atoms with Gasteiger partial charge in [-0.15, -0.1) is 12.4 Å². The van der Waals surface area contributed by atoms with Crippen LogP contribution in [0.2, 0.25) is 10.0 Å². The monoisotopic (exact) mass is 383 g/mol. The van der Waals surface area contributed by atoms with Crippen LogP contribution < -0.4 is 4.74 Å². The number of ether oxygens (including phenoxy) is 2. The molecule has 1 aromatic rings. The van der Waals surface area contributed by atoms with Crippen LogP contribution in [-0.2, 0) is 4.74 Å². The van der Waals surface area contributed by atoms with Gasteiger partial charge in [0.2, 0.25) is 0 Å². The number of methoxy groups -OCH3 is 1. The van der Waals surface area contributed by atoms with Gasteiger partial charge in [0, 0.05) is 0 Å². The van der Waals surface area contributed by atoms with Crippen molar-refractivity contribution >= 4 is 41.6 Å². The van der Waals surface area contributed by atoms with Gasteiger partial charge in [-0.3, -0.25) is 0 Å². The third-order valence-electron chi connectivity index (χ3n) is 3.20.